The van der Waals surface area contributed by atoms with E-state index in [1.165, 1.54) is 0 Å². The predicted octanol–water partition coefficient (Wildman–Crippen LogP) is 0.481. The van der Waals surface area contributed by atoms with E-state index in [4.69, 9.17) is 12.2 Å². The Bertz CT molecular complexity index is 490. The van der Waals surface area contributed by atoms with Gasteiger partial charge in [-0.25, -0.2) is 0 Å². The van der Waals surface area contributed by atoms with Crippen molar-refractivity contribution in [3.63, 3.8) is 0 Å². The summed E-state index contributed by atoms with van der Waals surface area (Å²) in [5.74, 6) is 0.206. The zero-order chi connectivity index (χ0) is 11.7. The van der Waals surface area contributed by atoms with Crippen molar-refractivity contribution in [1.29, 1.82) is 0 Å². The van der Waals surface area contributed by atoms with Crippen LogP contribution in [0.15, 0.2) is 0 Å². The van der Waals surface area contributed by atoms with Gasteiger partial charge in [0.25, 0.3) is 0 Å². The third kappa shape index (κ3) is 1.78. The van der Waals surface area contributed by atoms with Crippen molar-refractivity contribution in [2.45, 2.75) is 32.2 Å². The molecule has 7 heteroatoms. The number of imide groups is 1. The molecular formula is C9H12N4O2S. The molecule has 1 saturated heterocycles. The van der Waals surface area contributed by atoms with E-state index >= 15 is 0 Å². The number of amides is 2. The van der Waals surface area contributed by atoms with E-state index in [1.54, 1.807) is 4.57 Å². The highest BCUT2D eigenvalue weighted by atomic mass is 32.1. The molecule has 0 bridgehead atoms. The number of rotatable bonds is 2. The summed E-state index contributed by atoms with van der Waals surface area (Å²) in [7, 11) is 0. The lowest BCUT2D eigenvalue weighted by molar-refractivity contribution is -0.135. The van der Waals surface area contributed by atoms with Crippen LogP contribution < -0.4 is 5.32 Å². The number of hydrogen-bond acceptors (Lipinski definition) is 4. The molecule has 2 heterocycles. The molecule has 1 fully saturated rings. The minimum Gasteiger partial charge on any atom is -0.295 e. The van der Waals surface area contributed by atoms with Crippen LogP contribution in [0.2, 0.25) is 0 Å². The van der Waals surface area contributed by atoms with Crippen LogP contribution in [0.25, 0.3) is 0 Å². The van der Waals surface area contributed by atoms with Crippen LogP contribution in [0.3, 0.4) is 0 Å². The topological polar surface area (TPSA) is 79.8 Å². The quantitative estimate of drug-likeness (QED) is 0.582. The number of H-pyrrole nitrogens is 1. The van der Waals surface area contributed by atoms with Gasteiger partial charge < -0.3 is 0 Å². The molecule has 2 amide bonds. The van der Waals surface area contributed by atoms with Crippen molar-refractivity contribution in [2.24, 2.45) is 0 Å². The minimum absolute atomic E-state index is 0.227. The fourth-order valence-electron chi connectivity index (χ4n) is 1.84. The standard InChI is InChI=1S/C9H12N4O2S/c1-2-6-11-12-9(16)13(6)5-3-4-7(14)10-8(5)15/h5H,2-4H2,1H3,(H,12,16)(H,10,14,15). The zero-order valence-corrected chi connectivity index (χ0v) is 9.63. The molecule has 1 aromatic rings. The number of aromatic nitrogens is 3. The lowest BCUT2D eigenvalue weighted by Gasteiger charge is -2.22. The van der Waals surface area contributed by atoms with E-state index in [9.17, 15) is 9.59 Å². The number of hydrogen-bond donors (Lipinski definition) is 2. The van der Waals surface area contributed by atoms with Crippen LogP contribution >= 0.6 is 12.2 Å². The first-order valence-electron chi connectivity index (χ1n) is 5.13. The fourth-order valence-corrected chi connectivity index (χ4v) is 2.11. The maximum atomic E-state index is 11.7. The molecule has 2 rings (SSSR count). The second kappa shape index (κ2) is 4.17. The second-order valence-corrected chi connectivity index (χ2v) is 4.02. The molecule has 0 saturated carbocycles. The van der Waals surface area contributed by atoms with Crippen LogP contribution in [-0.4, -0.2) is 26.6 Å². The van der Waals surface area contributed by atoms with Crippen molar-refractivity contribution in [1.82, 2.24) is 20.1 Å². The molecule has 86 valence electrons. The van der Waals surface area contributed by atoms with E-state index in [1.807, 2.05) is 6.92 Å². The fraction of sp³-hybridized carbons (Fsp3) is 0.556. The average molecular weight is 240 g/mol. The highest BCUT2D eigenvalue weighted by Gasteiger charge is 2.29. The SMILES string of the molecule is CCc1n[nH]c(=S)n1C1CCC(=O)NC1=O. The van der Waals surface area contributed by atoms with E-state index < -0.39 is 6.04 Å². The molecule has 0 aliphatic carbocycles. The third-order valence-electron chi connectivity index (χ3n) is 2.62. The highest BCUT2D eigenvalue weighted by Crippen LogP contribution is 2.20. The summed E-state index contributed by atoms with van der Waals surface area (Å²) >= 11 is 5.08. The maximum absolute atomic E-state index is 11.7. The van der Waals surface area contributed by atoms with Gasteiger partial charge in [-0.15, -0.1) is 0 Å². The van der Waals surface area contributed by atoms with Crippen molar-refractivity contribution in [3.8, 4) is 0 Å². The number of aromatic amines is 1. The first kappa shape index (κ1) is 11.0. The summed E-state index contributed by atoms with van der Waals surface area (Å²) in [6.45, 7) is 1.94. The molecule has 1 aliphatic rings. The summed E-state index contributed by atoms with van der Waals surface area (Å²) < 4.78 is 2.11. The number of nitrogens with zero attached hydrogens (tertiary/aromatic N) is 2. The van der Waals surface area contributed by atoms with Gasteiger partial charge in [0.15, 0.2) is 4.77 Å². The normalized spacial score (nSPS) is 20.9. The van der Waals surface area contributed by atoms with Crippen molar-refractivity contribution < 1.29 is 9.59 Å². The molecule has 1 aliphatic heterocycles. The molecule has 1 unspecified atom stereocenters. The number of nitrogens with one attached hydrogen (secondary N) is 2. The Labute approximate surface area is 97.0 Å². The zero-order valence-electron chi connectivity index (χ0n) is 8.82. The summed E-state index contributed by atoms with van der Waals surface area (Å²) in [6, 6.07) is -0.418. The number of aryl methyl sites for hydroxylation is 1. The maximum Gasteiger partial charge on any atom is 0.249 e. The Morgan fingerprint density at radius 3 is 2.94 bits per heavy atom. The summed E-state index contributed by atoms with van der Waals surface area (Å²) in [6.07, 6.45) is 1.50. The predicted molar refractivity (Wildman–Crippen MR) is 58.2 cm³/mol. The van der Waals surface area contributed by atoms with E-state index in [0.29, 0.717) is 24.0 Å². The lowest BCUT2D eigenvalue weighted by Crippen LogP contribution is -2.42. The van der Waals surface area contributed by atoms with Gasteiger partial charge in [-0.3, -0.25) is 24.6 Å². The Morgan fingerprint density at radius 2 is 2.31 bits per heavy atom. The Morgan fingerprint density at radius 1 is 1.56 bits per heavy atom. The summed E-state index contributed by atoms with van der Waals surface area (Å²) in [5.41, 5.74) is 0. The summed E-state index contributed by atoms with van der Waals surface area (Å²) in [4.78, 5) is 22.7. The smallest absolute Gasteiger partial charge is 0.249 e. The van der Waals surface area contributed by atoms with Crippen LogP contribution in [0.4, 0.5) is 0 Å². The number of piperidine rings is 1. The van der Waals surface area contributed by atoms with Crippen LogP contribution in [0.5, 0.6) is 0 Å². The highest BCUT2D eigenvalue weighted by molar-refractivity contribution is 7.71. The van der Waals surface area contributed by atoms with Crippen molar-refractivity contribution in [2.75, 3.05) is 0 Å². The Kier molecular flexibility index (Phi) is 2.86. The van der Waals surface area contributed by atoms with Gasteiger partial charge in [-0.1, -0.05) is 6.92 Å². The molecule has 1 atom stereocenters. The van der Waals surface area contributed by atoms with Crippen molar-refractivity contribution in [3.05, 3.63) is 10.6 Å². The van der Waals surface area contributed by atoms with Crippen LogP contribution in [0.1, 0.15) is 31.6 Å². The molecular weight excluding hydrogens is 228 g/mol. The van der Waals surface area contributed by atoms with Crippen LogP contribution in [-0.2, 0) is 16.0 Å². The van der Waals surface area contributed by atoms with Gasteiger partial charge in [0.05, 0.1) is 0 Å². The molecule has 0 spiro atoms. The monoisotopic (exact) mass is 240 g/mol. The van der Waals surface area contributed by atoms with Gasteiger partial charge >= 0.3 is 0 Å². The Balaban J connectivity index is 2.37. The number of carbonyl (C=O) groups is 2. The molecule has 16 heavy (non-hydrogen) atoms. The van der Waals surface area contributed by atoms with E-state index in [0.717, 1.165) is 5.82 Å². The molecule has 1 aromatic heterocycles. The van der Waals surface area contributed by atoms with Gasteiger partial charge in [0.2, 0.25) is 11.8 Å². The lowest BCUT2D eigenvalue weighted by atomic mass is 10.1. The summed E-state index contributed by atoms with van der Waals surface area (Å²) in [5, 5.41) is 9.02. The minimum atomic E-state index is -0.418. The van der Waals surface area contributed by atoms with E-state index in [2.05, 4.69) is 15.5 Å². The number of carbonyl (C=O) groups excluding carboxylic acids is 2. The van der Waals surface area contributed by atoms with Gasteiger partial charge in [-0.05, 0) is 18.6 Å². The van der Waals surface area contributed by atoms with Crippen molar-refractivity contribution >= 4 is 24.0 Å². The van der Waals surface area contributed by atoms with Crippen LogP contribution in [0, 0.1) is 4.77 Å². The molecule has 6 nitrogen and oxygen atoms in total. The van der Waals surface area contributed by atoms with Gasteiger partial charge in [0, 0.05) is 12.8 Å². The largest absolute Gasteiger partial charge is 0.295 e. The second-order valence-electron chi connectivity index (χ2n) is 3.64. The first-order valence-corrected chi connectivity index (χ1v) is 5.53. The average Bonchev–Trinajstić information content (AvgIpc) is 2.60. The molecule has 2 N–H and O–H groups in total. The molecule has 0 aromatic carbocycles. The third-order valence-corrected chi connectivity index (χ3v) is 2.90. The first-order chi connectivity index (χ1) is 7.63. The Hall–Kier alpha value is -1.50. The van der Waals surface area contributed by atoms with Gasteiger partial charge in [-0.2, -0.15) is 5.10 Å². The van der Waals surface area contributed by atoms with E-state index in [-0.39, 0.29) is 11.8 Å². The van der Waals surface area contributed by atoms with Gasteiger partial charge in [0.1, 0.15) is 11.9 Å². The molecule has 0 radical (unpaired) electrons.